The first-order chi connectivity index (χ1) is 13.5. The summed E-state index contributed by atoms with van der Waals surface area (Å²) in [5.74, 6) is 1.09. The lowest BCUT2D eigenvalue weighted by Crippen LogP contribution is -2.32. The van der Waals surface area contributed by atoms with E-state index < -0.39 is 0 Å². The Morgan fingerprint density at radius 1 is 1.18 bits per heavy atom. The number of carbonyl (C=O) groups excluding carboxylic acids is 2. The Hall–Kier alpha value is -2.65. The highest BCUT2D eigenvalue weighted by molar-refractivity contribution is 8.14. The van der Waals surface area contributed by atoms with Gasteiger partial charge in [0.25, 0.3) is 0 Å². The van der Waals surface area contributed by atoms with Crippen LogP contribution >= 0.6 is 23.1 Å². The molecule has 2 aromatic heterocycles. The van der Waals surface area contributed by atoms with Gasteiger partial charge in [-0.05, 0) is 23.8 Å². The number of methoxy groups -OCH3 is 2. The number of hydrogen-bond acceptors (Lipinski definition) is 8. The van der Waals surface area contributed by atoms with Crippen LogP contribution in [0.2, 0.25) is 0 Å². The van der Waals surface area contributed by atoms with Gasteiger partial charge in [0.2, 0.25) is 5.91 Å². The van der Waals surface area contributed by atoms with Crippen molar-refractivity contribution in [1.82, 2.24) is 9.97 Å². The molecular weight excluding hydrogens is 398 g/mol. The van der Waals surface area contributed by atoms with Crippen molar-refractivity contribution < 1.29 is 19.1 Å². The lowest BCUT2D eigenvalue weighted by Gasteiger charge is -2.19. The van der Waals surface area contributed by atoms with Crippen molar-refractivity contribution in [3.63, 3.8) is 0 Å². The SMILES string of the molecule is COc1ccc(OC)c2sc(N(Cc3cccnc3)C(=O)CSC(C)=O)nc12. The number of carbonyl (C=O) groups is 2. The van der Waals surface area contributed by atoms with E-state index in [1.807, 2.05) is 18.2 Å². The van der Waals surface area contributed by atoms with Gasteiger partial charge in [-0.1, -0.05) is 29.2 Å². The van der Waals surface area contributed by atoms with Crippen LogP contribution in [0.3, 0.4) is 0 Å². The van der Waals surface area contributed by atoms with Crippen molar-refractivity contribution in [2.24, 2.45) is 0 Å². The first kappa shape index (κ1) is 20.1. The molecule has 0 bridgehead atoms. The zero-order valence-electron chi connectivity index (χ0n) is 15.7. The van der Waals surface area contributed by atoms with Crippen molar-refractivity contribution in [1.29, 1.82) is 0 Å². The summed E-state index contributed by atoms with van der Waals surface area (Å²) < 4.78 is 11.6. The van der Waals surface area contributed by atoms with E-state index in [9.17, 15) is 9.59 Å². The number of hydrogen-bond donors (Lipinski definition) is 0. The summed E-state index contributed by atoms with van der Waals surface area (Å²) in [6.07, 6.45) is 3.38. The van der Waals surface area contributed by atoms with Crippen LogP contribution in [0.15, 0.2) is 36.7 Å². The molecule has 7 nitrogen and oxygen atoms in total. The zero-order chi connectivity index (χ0) is 20.1. The molecule has 0 spiro atoms. The Morgan fingerprint density at radius 3 is 2.57 bits per heavy atom. The largest absolute Gasteiger partial charge is 0.495 e. The molecule has 9 heteroatoms. The highest BCUT2D eigenvalue weighted by Gasteiger charge is 2.23. The van der Waals surface area contributed by atoms with E-state index in [1.54, 1.807) is 37.6 Å². The summed E-state index contributed by atoms with van der Waals surface area (Å²) in [4.78, 5) is 34.5. The predicted molar refractivity (Wildman–Crippen MR) is 111 cm³/mol. The molecule has 0 fully saturated rings. The topological polar surface area (TPSA) is 81.6 Å². The number of anilines is 1. The average Bonchev–Trinajstić information content (AvgIpc) is 3.15. The van der Waals surface area contributed by atoms with Crippen LogP contribution in [0.1, 0.15) is 12.5 Å². The van der Waals surface area contributed by atoms with Crippen molar-refractivity contribution in [3.05, 3.63) is 42.2 Å². The molecule has 0 aliphatic rings. The third-order valence-electron chi connectivity index (χ3n) is 3.89. The Bertz CT molecular complexity index is 951. The van der Waals surface area contributed by atoms with Gasteiger partial charge in [0.05, 0.1) is 26.5 Å². The van der Waals surface area contributed by atoms with E-state index in [1.165, 1.54) is 18.3 Å². The summed E-state index contributed by atoms with van der Waals surface area (Å²) >= 11 is 2.32. The average molecular weight is 418 g/mol. The number of pyridine rings is 1. The number of thiazole rings is 1. The van der Waals surface area contributed by atoms with Crippen LogP contribution in [0.25, 0.3) is 10.2 Å². The van der Waals surface area contributed by atoms with E-state index >= 15 is 0 Å². The maximum absolute atomic E-state index is 12.9. The van der Waals surface area contributed by atoms with Crippen LogP contribution in [0.5, 0.6) is 11.5 Å². The van der Waals surface area contributed by atoms with Gasteiger partial charge in [0.1, 0.15) is 21.7 Å². The fourth-order valence-corrected chi connectivity index (χ4v) is 4.14. The molecule has 2 heterocycles. The second-order valence-corrected chi connectivity index (χ2v) is 7.90. The summed E-state index contributed by atoms with van der Waals surface area (Å²) in [5, 5.41) is 0.401. The number of amides is 1. The fourth-order valence-electron chi connectivity index (χ4n) is 2.57. The number of ether oxygens (including phenoxy) is 2. The summed E-state index contributed by atoms with van der Waals surface area (Å²) in [6.45, 7) is 1.74. The number of benzene rings is 1. The minimum absolute atomic E-state index is 0.0415. The molecule has 0 saturated heterocycles. The first-order valence-electron chi connectivity index (χ1n) is 8.37. The smallest absolute Gasteiger partial charge is 0.239 e. The molecule has 3 aromatic rings. The molecule has 0 radical (unpaired) electrons. The van der Waals surface area contributed by atoms with Crippen molar-refractivity contribution in [3.8, 4) is 11.5 Å². The predicted octanol–water partition coefficient (Wildman–Crippen LogP) is 3.52. The molecule has 0 saturated carbocycles. The van der Waals surface area contributed by atoms with Gasteiger partial charge in [0, 0.05) is 19.3 Å². The fraction of sp³-hybridized carbons (Fsp3) is 0.263. The summed E-state index contributed by atoms with van der Waals surface area (Å²) in [7, 11) is 3.16. The molecule has 0 aliphatic heterocycles. The van der Waals surface area contributed by atoms with Crippen LogP contribution < -0.4 is 14.4 Å². The first-order valence-corrected chi connectivity index (χ1v) is 10.2. The Kier molecular flexibility index (Phi) is 6.48. The van der Waals surface area contributed by atoms with E-state index in [-0.39, 0.29) is 16.8 Å². The van der Waals surface area contributed by atoms with Crippen molar-refractivity contribution >= 4 is 49.5 Å². The zero-order valence-corrected chi connectivity index (χ0v) is 17.3. The highest BCUT2D eigenvalue weighted by Crippen LogP contribution is 2.40. The Labute approximate surface area is 170 Å². The number of fused-ring (bicyclic) bond motifs is 1. The minimum Gasteiger partial charge on any atom is -0.495 e. The van der Waals surface area contributed by atoms with Gasteiger partial charge in [0.15, 0.2) is 10.2 Å². The van der Waals surface area contributed by atoms with E-state index in [0.29, 0.717) is 28.7 Å². The van der Waals surface area contributed by atoms with E-state index in [2.05, 4.69) is 9.97 Å². The van der Waals surface area contributed by atoms with Gasteiger partial charge in [-0.2, -0.15) is 0 Å². The summed E-state index contributed by atoms with van der Waals surface area (Å²) in [5.41, 5.74) is 1.49. The maximum atomic E-state index is 12.9. The molecule has 0 aliphatic carbocycles. The molecule has 146 valence electrons. The lowest BCUT2D eigenvalue weighted by molar-refractivity contribution is -0.116. The molecule has 0 unspecified atom stereocenters. The van der Waals surface area contributed by atoms with Crippen molar-refractivity contribution in [2.75, 3.05) is 24.9 Å². The quantitative estimate of drug-likeness (QED) is 0.582. The minimum atomic E-state index is -0.207. The van der Waals surface area contributed by atoms with Gasteiger partial charge in [-0.3, -0.25) is 19.5 Å². The van der Waals surface area contributed by atoms with Gasteiger partial charge in [-0.25, -0.2) is 4.98 Å². The normalized spacial score (nSPS) is 10.7. The molecular formula is C19H19N3O4S2. The van der Waals surface area contributed by atoms with E-state index in [0.717, 1.165) is 22.0 Å². The molecule has 0 atom stereocenters. The monoisotopic (exact) mass is 417 g/mol. The molecule has 3 rings (SSSR count). The third-order valence-corrected chi connectivity index (χ3v) is 5.78. The van der Waals surface area contributed by atoms with Crippen LogP contribution in [-0.2, 0) is 16.1 Å². The lowest BCUT2D eigenvalue weighted by atomic mass is 10.2. The van der Waals surface area contributed by atoms with Crippen LogP contribution in [-0.4, -0.2) is 41.0 Å². The van der Waals surface area contributed by atoms with Crippen LogP contribution in [0.4, 0.5) is 5.13 Å². The second-order valence-electron chi connectivity index (χ2n) is 5.77. The van der Waals surface area contributed by atoms with Gasteiger partial charge in [-0.15, -0.1) is 0 Å². The van der Waals surface area contributed by atoms with Crippen LogP contribution in [0, 0.1) is 0 Å². The number of aromatic nitrogens is 2. The second kappa shape index (κ2) is 9.03. The highest BCUT2D eigenvalue weighted by atomic mass is 32.2. The maximum Gasteiger partial charge on any atom is 0.239 e. The summed E-state index contributed by atoms with van der Waals surface area (Å²) in [6, 6.07) is 7.29. The standard InChI is InChI=1S/C19H19N3O4S2/c1-12(23)27-11-16(24)22(10-13-5-4-8-20-9-13)19-21-17-14(25-2)6-7-15(26-3)18(17)28-19/h4-9H,10-11H2,1-3H3. The van der Waals surface area contributed by atoms with Crippen molar-refractivity contribution in [2.45, 2.75) is 13.5 Å². The Balaban J connectivity index is 2.03. The van der Waals surface area contributed by atoms with Gasteiger partial charge < -0.3 is 9.47 Å². The molecule has 1 aromatic carbocycles. The Morgan fingerprint density at radius 2 is 1.93 bits per heavy atom. The molecule has 28 heavy (non-hydrogen) atoms. The number of rotatable bonds is 7. The third kappa shape index (κ3) is 4.42. The number of nitrogens with zero attached hydrogens (tertiary/aromatic N) is 3. The molecule has 0 N–H and O–H groups in total. The molecule has 1 amide bonds. The number of thioether (sulfide) groups is 1. The van der Waals surface area contributed by atoms with Gasteiger partial charge >= 0.3 is 0 Å². The van der Waals surface area contributed by atoms with E-state index in [4.69, 9.17) is 9.47 Å².